The second-order valence-corrected chi connectivity index (χ2v) is 15.1. The van der Waals surface area contributed by atoms with E-state index in [0.717, 1.165) is 6.04 Å². The van der Waals surface area contributed by atoms with E-state index in [1.54, 1.807) is 36.0 Å². The maximum Gasteiger partial charge on any atom is 0.225 e. The number of anilines is 2. The Morgan fingerprint density at radius 3 is 2.56 bits per heavy atom. The third kappa shape index (κ3) is 5.94. The molecule has 0 fully saturated rings. The summed E-state index contributed by atoms with van der Waals surface area (Å²) in [5.41, 5.74) is 2.13. The Bertz CT molecular complexity index is 1330. The van der Waals surface area contributed by atoms with E-state index < -0.39 is 20.0 Å². The second kappa shape index (κ2) is 10.5. The number of methoxy groups -OCH3 is 1. The average Bonchev–Trinajstić information content (AvgIpc) is 3.38. The van der Waals surface area contributed by atoms with Crippen molar-refractivity contribution in [3.63, 3.8) is 0 Å². The third-order valence-electron chi connectivity index (χ3n) is 5.48. The van der Waals surface area contributed by atoms with Crippen LogP contribution in [0.4, 0.5) is 20.4 Å². The molecule has 0 spiro atoms. The number of benzene rings is 1. The van der Waals surface area contributed by atoms with Gasteiger partial charge in [0.25, 0.3) is 0 Å². The van der Waals surface area contributed by atoms with Crippen molar-refractivity contribution in [3.8, 4) is 28.3 Å². The predicted molar refractivity (Wildman–Crippen MR) is 136 cm³/mol. The number of nitrogens with one attached hydrogen (secondary N) is 1. The molecule has 0 unspecified atom stereocenters. The van der Waals surface area contributed by atoms with Crippen molar-refractivity contribution in [2.24, 2.45) is 7.05 Å². The van der Waals surface area contributed by atoms with E-state index in [2.05, 4.69) is 45.1 Å². The highest BCUT2D eigenvalue weighted by Crippen LogP contribution is 2.34. The highest BCUT2D eigenvalue weighted by molar-refractivity contribution is 6.76. The minimum absolute atomic E-state index is 0.0519. The van der Waals surface area contributed by atoms with Gasteiger partial charge in [-0.1, -0.05) is 19.6 Å². The van der Waals surface area contributed by atoms with Gasteiger partial charge in [-0.05, 0) is 30.3 Å². The molecule has 1 N–H and O–H groups in total. The fourth-order valence-electron chi connectivity index (χ4n) is 3.41. The van der Waals surface area contributed by atoms with Crippen LogP contribution in [0.15, 0.2) is 42.7 Å². The van der Waals surface area contributed by atoms with E-state index in [0.29, 0.717) is 46.5 Å². The molecule has 0 aliphatic heterocycles. The number of halogens is 2. The van der Waals surface area contributed by atoms with Crippen molar-refractivity contribution in [2.75, 3.05) is 19.0 Å². The molecule has 4 rings (SSSR count). The smallest absolute Gasteiger partial charge is 0.225 e. The van der Waals surface area contributed by atoms with Crippen LogP contribution in [0.1, 0.15) is 0 Å². The van der Waals surface area contributed by atoms with E-state index in [1.807, 2.05) is 0 Å². The van der Waals surface area contributed by atoms with Crippen LogP contribution in [0.2, 0.25) is 25.7 Å². The average molecular weight is 514 g/mol. The molecular weight excluding hydrogens is 484 g/mol. The van der Waals surface area contributed by atoms with Gasteiger partial charge in [0.15, 0.2) is 5.82 Å². The summed E-state index contributed by atoms with van der Waals surface area (Å²) in [7, 11) is 2.03. The maximum absolute atomic E-state index is 15.1. The van der Waals surface area contributed by atoms with Crippen LogP contribution in [0, 0.1) is 11.9 Å². The zero-order valence-electron chi connectivity index (χ0n) is 20.9. The Morgan fingerprint density at radius 2 is 1.86 bits per heavy atom. The molecule has 0 aliphatic carbocycles. The summed E-state index contributed by atoms with van der Waals surface area (Å²) in [6.07, 6.45) is 2.84. The summed E-state index contributed by atoms with van der Waals surface area (Å²) in [6, 6.07) is 9.09. The van der Waals surface area contributed by atoms with Crippen LogP contribution >= 0.6 is 0 Å². The number of aryl methyl sites for hydroxylation is 1. The first kappa shape index (κ1) is 25.4. The number of aromatic nitrogens is 6. The molecule has 9 nitrogen and oxygen atoms in total. The maximum atomic E-state index is 15.1. The van der Waals surface area contributed by atoms with E-state index in [9.17, 15) is 4.39 Å². The molecule has 190 valence electrons. The number of nitrogens with zero attached hydrogens (tertiary/aromatic N) is 6. The Labute approximate surface area is 209 Å². The SMILES string of the molecule is COc1cc(Nc2nc(-c3ccc(F)nc3)nn2C)ccc1-c1cnn(COCC[Si](C)(C)C)c1F. The predicted octanol–water partition coefficient (Wildman–Crippen LogP) is 5.08. The largest absolute Gasteiger partial charge is 0.496 e. The lowest BCUT2D eigenvalue weighted by atomic mass is 10.1. The lowest BCUT2D eigenvalue weighted by Gasteiger charge is -2.15. The molecule has 0 amide bonds. The molecule has 0 atom stereocenters. The van der Waals surface area contributed by atoms with Gasteiger partial charge in [0.1, 0.15) is 12.5 Å². The van der Waals surface area contributed by atoms with Gasteiger partial charge in [-0.3, -0.25) is 0 Å². The van der Waals surface area contributed by atoms with E-state index in [4.69, 9.17) is 9.47 Å². The topological polar surface area (TPSA) is 91.9 Å². The highest BCUT2D eigenvalue weighted by Gasteiger charge is 2.18. The van der Waals surface area contributed by atoms with Gasteiger partial charge in [0.2, 0.25) is 17.8 Å². The zero-order valence-corrected chi connectivity index (χ0v) is 21.9. The molecule has 0 saturated carbocycles. The molecule has 0 radical (unpaired) electrons. The highest BCUT2D eigenvalue weighted by atomic mass is 28.3. The lowest BCUT2D eigenvalue weighted by Crippen LogP contribution is -2.22. The van der Waals surface area contributed by atoms with Crippen LogP contribution < -0.4 is 10.1 Å². The second-order valence-electron chi connectivity index (χ2n) is 9.49. The third-order valence-corrected chi connectivity index (χ3v) is 7.19. The Morgan fingerprint density at radius 1 is 1.06 bits per heavy atom. The number of hydrogen-bond acceptors (Lipinski definition) is 7. The fraction of sp³-hybridized carbons (Fsp3) is 0.333. The van der Waals surface area contributed by atoms with E-state index >= 15 is 4.39 Å². The minimum atomic E-state index is -1.22. The summed E-state index contributed by atoms with van der Waals surface area (Å²) >= 11 is 0. The lowest BCUT2D eigenvalue weighted by molar-refractivity contribution is 0.0700. The summed E-state index contributed by atoms with van der Waals surface area (Å²) in [4.78, 5) is 8.10. The Balaban J connectivity index is 1.50. The summed E-state index contributed by atoms with van der Waals surface area (Å²) in [5.74, 6) is 0.254. The van der Waals surface area contributed by atoms with Gasteiger partial charge in [-0.2, -0.15) is 18.9 Å². The van der Waals surface area contributed by atoms with Crippen LogP contribution in [-0.4, -0.2) is 51.3 Å². The molecule has 1 aromatic carbocycles. The van der Waals surface area contributed by atoms with Gasteiger partial charge in [-0.25, -0.2) is 14.3 Å². The van der Waals surface area contributed by atoms with Crippen LogP contribution in [-0.2, 0) is 18.5 Å². The van der Waals surface area contributed by atoms with Crippen molar-refractivity contribution in [2.45, 2.75) is 32.4 Å². The van der Waals surface area contributed by atoms with Crippen LogP contribution in [0.25, 0.3) is 22.5 Å². The number of pyridine rings is 1. The van der Waals surface area contributed by atoms with Gasteiger partial charge in [0.05, 0.1) is 18.9 Å². The number of hydrogen-bond donors (Lipinski definition) is 1. The Kier molecular flexibility index (Phi) is 7.45. The fourth-order valence-corrected chi connectivity index (χ4v) is 4.17. The van der Waals surface area contributed by atoms with Gasteiger partial charge in [-0.15, -0.1) is 5.10 Å². The van der Waals surface area contributed by atoms with Crippen LogP contribution in [0.3, 0.4) is 0 Å². The Hall–Kier alpha value is -3.64. The van der Waals surface area contributed by atoms with Crippen molar-refractivity contribution >= 4 is 19.7 Å². The summed E-state index contributed by atoms with van der Waals surface area (Å²) in [5, 5.41) is 11.7. The first-order valence-electron chi connectivity index (χ1n) is 11.4. The van der Waals surface area contributed by atoms with Gasteiger partial charge < -0.3 is 14.8 Å². The van der Waals surface area contributed by atoms with E-state index in [-0.39, 0.29) is 6.73 Å². The number of rotatable bonds is 10. The molecular formula is C24H29F2N7O2Si. The first-order chi connectivity index (χ1) is 17.1. The standard InChI is InChI=1S/C24H29F2N7O2Si/c1-32-24(30-23(31-32)16-6-9-21(25)27-13-16)29-17-7-8-18(20(12-17)34-2)19-14-28-33(22(19)26)15-35-10-11-36(3,4)5/h6-9,12-14H,10-11,15H2,1-5H3,(H,29,30,31). The molecule has 3 aromatic heterocycles. The summed E-state index contributed by atoms with van der Waals surface area (Å²) < 4.78 is 42.2. The van der Waals surface area contributed by atoms with Gasteiger partial charge >= 0.3 is 0 Å². The summed E-state index contributed by atoms with van der Waals surface area (Å²) in [6.45, 7) is 7.42. The van der Waals surface area contributed by atoms with Crippen molar-refractivity contribution < 1.29 is 18.3 Å². The van der Waals surface area contributed by atoms with Gasteiger partial charge in [0, 0.05) is 50.8 Å². The monoisotopic (exact) mass is 513 g/mol. The van der Waals surface area contributed by atoms with Crippen LogP contribution in [0.5, 0.6) is 5.75 Å². The van der Waals surface area contributed by atoms with Crippen molar-refractivity contribution in [3.05, 3.63) is 54.6 Å². The molecule has 36 heavy (non-hydrogen) atoms. The molecule has 0 bridgehead atoms. The van der Waals surface area contributed by atoms with Crippen molar-refractivity contribution in [1.29, 1.82) is 0 Å². The zero-order chi connectivity index (χ0) is 25.9. The number of ether oxygens (including phenoxy) is 2. The normalized spacial score (nSPS) is 11.6. The molecule has 0 aliphatic rings. The van der Waals surface area contributed by atoms with E-state index in [1.165, 1.54) is 30.3 Å². The molecule has 3 heterocycles. The molecule has 0 saturated heterocycles. The molecule has 12 heteroatoms. The van der Waals surface area contributed by atoms with Crippen molar-refractivity contribution in [1.82, 2.24) is 29.5 Å². The molecule has 4 aromatic rings. The first-order valence-corrected chi connectivity index (χ1v) is 15.1. The minimum Gasteiger partial charge on any atom is -0.496 e. The quantitative estimate of drug-likeness (QED) is 0.180.